The highest BCUT2D eigenvalue weighted by Gasteiger charge is 2.15. The number of aryl methyl sites for hydroxylation is 1. The minimum absolute atomic E-state index is 0.313. The molecule has 2 aromatic carbocycles. The fourth-order valence-electron chi connectivity index (χ4n) is 1.88. The van der Waals surface area contributed by atoms with Crippen LogP contribution in [0.4, 0.5) is 8.78 Å². The molecule has 0 saturated heterocycles. The minimum Gasteiger partial charge on any atom is -0.320 e. The summed E-state index contributed by atoms with van der Waals surface area (Å²) in [6.45, 7) is 1.76. The third kappa shape index (κ3) is 2.34. The smallest absolute Gasteiger partial charge is 0.128 e. The molecule has 1 unspecified atom stereocenters. The topological polar surface area (TPSA) is 26.0 Å². The van der Waals surface area contributed by atoms with Gasteiger partial charge in [-0.2, -0.15) is 0 Å². The van der Waals surface area contributed by atoms with Gasteiger partial charge in [-0.1, -0.05) is 24.3 Å². The van der Waals surface area contributed by atoms with Crippen LogP contribution >= 0.6 is 0 Å². The molecule has 3 heteroatoms. The van der Waals surface area contributed by atoms with Gasteiger partial charge in [-0.3, -0.25) is 0 Å². The molecule has 0 amide bonds. The van der Waals surface area contributed by atoms with Gasteiger partial charge in [0.15, 0.2) is 0 Å². The zero-order chi connectivity index (χ0) is 12.4. The predicted octanol–water partition coefficient (Wildman–Crippen LogP) is 3.32. The number of halogens is 2. The highest BCUT2D eigenvalue weighted by atomic mass is 19.1. The maximum atomic E-state index is 13.6. The van der Waals surface area contributed by atoms with Crippen LogP contribution in [0.15, 0.2) is 42.5 Å². The van der Waals surface area contributed by atoms with E-state index in [0.717, 1.165) is 11.1 Å². The average Bonchev–Trinajstić information content (AvgIpc) is 2.29. The summed E-state index contributed by atoms with van der Waals surface area (Å²) in [6.07, 6.45) is 0. The van der Waals surface area contributed by atoms with Gasteiger partial charge in [-0.15, -0.1) is 0 Å². The molecule has 0 radical (unpaired) electrons. The lowest BCUT2D eigenvalue weighted by atomic mass is 9.95. The highest BCUT2D eigenvalue weighted by molar-refractivity contribution is 5.37. The Hall–Kier alpha value is -1.74. The van der Waals surface area contributed by atoms with Crippen LogP contribution < -0.4 is 5.73 Å². The molecule has 0 spiro atoms. The van der Waals surface area contributed by atoms with Crippen molar-refractivity contribution in [2.45, 2.75) is 13.0 Å². The first kappa shape index (κ1) is 11.7. The third-order valence-corrected chi connectivity index (χ3v) is 2.81. The highest BCUT2D eigenvalue weighted by Crippen LogP contribution is 2.24. The molecule has 0 saturated carbocycles. The molecule has 2 aromatic rings. The number of hydrogen-bond acceptors (Lipinski definition) is 1. The molecular weight excluding hydrogens is 220 g/mol. The van der Waals surface area contributed by atoms with Gasteiger partial charge >= 0.3 is 0 Å². The number of nitrogens with two attached hydrogens (primary N) is 1. The fourth-order valence-corrected chi connectivity index (χ4v) is 1.88. The van der Waals surface area contributed by atoms with E-state index in [1.54, 1.807) is 31.2 Å². The van der Waals surface area contributed by atoms with Crippen molar-refractivity contribution in [1.82, 2.24) is 0 Å². The summed E-state index contributed by atoms with van der Waals surface area (Å²) in [7, 11) is 0. The van der Waals surface area contributed by atoms with Crippen LogP contribution in [0.1, 0.15) is 22.7 Å². The molecule has 2 rings (SSSR count). The standard InChI is InChI=1S/C14H13F2N/c1-9-8-10(15)6-7-11(9)14(17)12-4-2-3-5-13(12)16/h2-8,14H,17H2,1H3. The Balaban J connectivity index is 2.44. The fraction of sp³-hybridized carbons (Fsp3) is 0.143. The Morgan fingerprint density at radius 2 is 1.71 bits per heavy atom. The van der Waals surface area contributed by atoms with Crippen LogP contribution in [-0.2, 0) is 0 Å². The van der Waals surface area contributed by atoms with Crippen LogP contribution in [0, 0.1) is 18.6 Å². The van der Waals surface area contributed by atoms with Crippen molar-refractivity contribution in [2.75, 3.05) is 0 Å². The molecule has 0 aliphatic rings. The average molecular weight is 233 g/mol. The van der Waals surface area contributed by atoms with Gasteiger partial charge in [0.25, 0.3) is 0 Å². The number of hydrogen-bond donors (Lipinski definition) is 1. The SMILES string of the molecule is Cc1cc(F)ccc1C(N)c1ccccc1F. The van der Waals surface area contributed by atoms with Gasteiger partial charge in [0.2, 0.25) is 0 Å². The van der Waals surface area contributed by atoms with Crippen molar-refractivity contribution in [3.05, 3.63) is 70.8 Å². The van der Waals surface area contributed by atoms with Crippen LogP contribution in [0.2, 0.25) is 0 Å². The van der Waals surface area contributed by atoms with E-state index in [2.05, 4.69) is 0 Å². The molecular formula is C14H13F2N. The Labute approximate surface area is 98.9 Å². The summed E-state index contributed by atoms with van der Waals surface area (Å²) >= 11 is 0. The molecule has 2 N–H and O–H groups in total. The van der Waals surface area contributed by atoms with E-state index in [1.165, 1.54) is 18.2 Å². The zero-order valence-corrected chi connectivity index (χ0v) is 9.45. The molecule has 0 heterocycles. The number of benzene rings is 2. The molecule has 17 heavy (non-hydrogen) atoms. The second kappa shape index (κ2) is 4.63. The lowest BCUT2D eigenvalue weighted by Crippen LogP contribution is -2.14. The molecule has 88 valence electrons. The van der Waals surface area contributed by atoms with E-state index in [0.29, 0.717) is 5.56 Å². The van der Waals surface area contributed by atoms with E-state index in [4.69, 9.17) is 5.73 Å². The van der Waals surface area contributed by atoms with Crippen molar-refractivity contribution in [2.24, 2.45) is 5.73 Å². The van der Waals surface area contributed by atoms with Gasteiger partial charge in [0, 0.05) is 5.56 Å². The molecule has 0 aliphatic heterocycles. The summed E-state index contributed by atoms with van der Waals surface area (Å²) in [4.78, 5) is 0. The van der Waals surface area contributed by atoms with E-state index in [9.17, 15) is 8.78 Å². The van der Waals surface area contributed by atoms with Crippen LogP contribution in [0.3, 0.4) is 0 Å². The molecule has 1 atom stereocenters. The van der Waals surface area contributed by atoms with Gasteiger partial charge in [-0.05, 0) is 36.2 Å². The molecule has 0 bridgehead atoms. The van der Waals surface area contributed by atoms with Crippen LogP contribution in [0.25, 0.3) is 0 Å². The molecule has 0 fully saturated rings. The summed E-state index contributed by atoms with van der Waals surface area (Å²) in [6, 6.07) is 10.1. The summed E-state index contributed by atoms with van der Waals surface area (Å²) in [5.41, 5.74) is 7.88. The first-order valence-corrected chi connectivity index (χ1v) is 5.35. The maximum absolute atomic E-state index is 13.6. The summed E-state index contributed by atoms with van der Waals surface area (Å²) < 4.78 is 26.6. The Morgan fingerprint density at radius 1 is 1.00 bits per heavy atom. The Kier molecular flexibility index (Phi) is 3.20. The predicted molar refractivity (Wildman–Crippen MR) is 63.6 cm³/mol. The van der Waals surface area contributed by atoms with Gasteiger partial charge in [0.1, 0.15) is 11.6 Å². The van der Waals surface area contributed by atoms with Crippen LogP contribution in [0.5, 0.6) is 0 Å². The third-order valence-electron chi connectivity index (χ3n) is 2.81. The normalized spacial score (nSPS) is 12.5. The van der Waals surface area contributed by atoms with Gasteiger partial charge in [-0.25, -0.2) is 8.78 Å². The van der Waals surface area contributed by atoms with Gasteiger partial charge < -0.3 is 5.73 Å². The quantitative estimate of drug-likeness (QED) is 0.846. The Bertz CT molecular complexity index is 537. The molecule has 0 aliphatic carbocycles. The first-order valence-electron chi connectivity index (χ1n) is 5.35. The van der Waals surface area contributed by atoms with Crippen LogP contribution in [-0.4, -0.2) is 0 Å². The van der Waals surface area contributed by atoms with Gasteiger partial charge in [0.05, 0.1) is 6.04 Å². The van der Waals surface area contributed by atoms with E-state index in [1.807, 2.05) is 0 Å². The van der Waals surface area contributed by atoms with E-state index < -0.39 is 6.04 Å². The van der Waals surface area contributed by atoms with Crippen molar-refractivity contribution in [1.29, 1.82) is 0 Å². The monoisotopic (exact) mass is 233 g/mol. The zero-order valence-electron chi connectivity index (χ0n) is 9.45. The molecule has 1 nitrogen and oxygen atoms in total. The van der Waals surface area contributed by atoms with Crippen molar-refractivity contribution >= 4 is 0 Å². The largest absolute Gasteiger partial charge is 0.320 e. The van der Waals surface area contributed by atoms with Crippen molar-refractivity contribution in [3.63, 3.8) is 0 Å². The summed E-state index contributed by atoms with van der Waals surface area (Å²) in [5, 5.41) is 0. The van der Waals surface area contributed by atoms with E-state index >= 15 is 0 Å². The maximum Gasteiger partial charge on any atom is 0.128 e. The second-order valence-electron chi connectivity index (χ2n) is 4.00. The molecule has 0 aromatic heterocycles. The first-order chi connectivity index (χ1) is 8.09. The van der Waals surface area contributed by atoms with E-state index in [-0.39, 0.29) is 11.6 Å². The lowest BCUT2D eigenvalue weighted by Gasteiger charge is -2.15. The minimum atomic E-state index is -0.572. The second-order valence-corrected chi connectivity index (χ2v) is 4.00. The Morgan fingerprint density at radius 3 is 2.35 bits per heavy atom. The summed E-state index contributed by atoms with van der Waals surface area (Å²) in [5.74, 6) is -0.657. The number of rotatable bonds is 2. The lowest BCUT2D eigenvalue weighted by molar-refractivity contribution is 0.598. The van der Waals surface area contributed by atoms with Crippen molar-refractivity contribution < 1.29 is 8.78 Å². The van der Waals surface area contributed by atoms with Crippen molar-refractivity contribution in [3.8, 4) is 0 Å².